The highest BCUT2D eigenvalue weighted by molar-refractivity contribution is 7.99. The Hall–Kier alpha value is -5.00. The number of hydrogen-bond acceptors (Lipinski definition) is 10. The maximum Gasteiger partial charge on any atom is 0.416 e. The van der Waals surface area contributed by atoms with Crippen molar-refractivity contribution in [2.45, 2.75) is 62.8 Å². The summed E-state index contributed by atoms with van der Waals surface area (Å²) in [6.45, 7) is 11.2. The van der Waals surface area contributed by atoms with E-state index in [9.17, 15) is 27.6 Å². The number of hydrogen-bond donors (Lipinski definition) is 3. The van der Waals surface area contributed by atoms with E-state index in [0.717, 1.165) is 95.0 Å². The lowest BCUT2D eigenvalue weighted by atomic mass is 10.0. The number of carbonyl (C=O) groups excluding carboxylic acids is 3. The van der Waals surface area contributed by atoms with Gasteiger partial charge in [0.2, 0.25) is 5.91 Å². The molecule has 6 rings (SSSR count). The Labute approximate surface area is 372 Å². The highest BCUT2D eigenvalue weighted by Gasteiger charge is 2.30. The van der Waals surface area contributed by atoms with Crippen LogP contribution in [0.5, 0.6) is 0 Å². The predicted molar refractivity (Wildman–Crippen MR) is 242 cm³/mol. The third kappa shape index (κ3) is 14.8. The fourth-order valence-corrected chi connectivity index (χ4v) is 8.30. The Kier molecular flexibility index (Phi) is 17.0. The summed E-state index contributed by atoms with van der Waals surface area (Å²) >= 11 is 1.75. The average molecular weight is 890 g/mol. The number of nitrogens with zero attached hydrogens (tertiary/aromatic N) is 4. The number of pyridine rings is 1. The van der Waals surface area contributed by atoms with Gasteiger partial charge < -0.3 is 25.6 Å². The van der Waals surface area contributed by atoms with Crippen LogP contribution in [-0.4, -0.2) is 110 Å². The number of carbonyl (C=O) groups is 3. The van der Waals surface area contributed by atoms with Gasteiger partial charge in [-0.2, -0.15) is 30.0 Å². The zero-order chi connectivity index (χ0) is 44.8. The molecule has 2 aliphatic heterocycles. The second-order valence-electron chi connectivity index (χ2n) is 16.5. The summed E-state index contributed by atoms with van der Waals surface area (Å²) in [7, 11) is 1.76. The summed E-state index contributed by atoms with van der Waals surface area (Å²) in [5, 5.41) is 10.3. The minimum atomic E-state index is -4.49. The molecule has 2 fully saturated rings. The number of hydroxylamine groups is 2. The van der Waals surface area contributed by atoms with Crippen molar-refractivity contribution in [1.29, 1.82) is 0 Å². The van der Waals surface area contributed by atoms with Crippen molar-refractivity contribution >= 4 is 40.9 Å². The molecule has 3 aromatic carbocycles. The molecule has 0 saturated carbocycles. The summed E-state index contributed by atoms with van der Waals surface area (Å²) in [5.74, 6) is -0.193. The number of nitrogens with one attached hydrogen (secondary N) is 3. The number of halogens is 3. The molecule has 1 aromatic heterocycles. The van der Waals surface area contributed by atoms with E-state index in [1.807, 2.05) is 36.4 Å². The summed E-state index contributed by atoms with van der Waals surface area (Å²) in [5.41, 5.74) is 3.87. The van der Waals surface area contributed by atoms with Gasteiger partial charge in [-0.15, -0.1) is 0 Å². The number of anilines is 2. The van der Waals surface area contributed by atoms with Crippen molar-refractivity contribution in [3.8, 4) is 11.3 Å². The zero-order valence-corrected chi connectivity index (χ0v) is 37.1. The number of amides is 3. The second-order valence-corrected chi connectivity index (χ2v) is 18.1. The Morgan fingerprint density at radius 1 is 0.857 bits per heavy atom. The van der Waals surface area contributed by atoms with Crippen LogP contribution < -0.4 is 20.9 Å². The SMILES string of the molecule is CN(CC(=O)NCCN1CCOCC1)OCCC(C)(C)SCc1cccc(C(=O)Nc2ccc(N3CCCCC3)cc2-c2cc(C(=O)NCc3cccc(C(F)(F)F)c3)ccn2)c1. The molecule has 0 atom stereocenters. The molecule has 3 amide bonds. The standard InChI is InChI=1S/C47H58F3N7O5S/c1-46(2,16-24-62-55(3)32-43(58)52-18-21-56-22-25-61-26-23-56)63-33-35-10-7-11-36(27-35)45(60)54-41-14-13-39(57-19-5-4-6-20-57)30-40(41)42-29-37(15-17-51-42)44(59)53-31-34-9-8-12-38(28-34)47(48,49)50/h7-15,17,27-30H,4-6,16,18-26,31-33H2,1-3H3,(H,52,58)(H,53,59)(H,54,60). The van der Waals surface area contributed by atoms with Crippen LogP contribution in [0.1, 0.15) is 76.9 Å². The van der Waals surface area contributed by atoms with Gasteiger partial charge in [-0.25, -0.2) is 0 Å². The number of thioether (sulfide) groups is 1. The first kappa shape index (κ1) is 47.5. The molecule has 2 aliphatic rings. The highest BCUT2D eigenvalue weighted by Crippen LogP contribution is 2.35. The van der Waals surface area contributed by atoms with Crippen LogP contribution in [-0.2, 0) is 32.8 Å². The molecule has 0 aliphatic carbocycles. The molecular formula is C47H58F3N7O5S. The Balaban J connectivity index is 1.05. The van der Waals surface area contributed by atoms with Crippen LogP contribution >= 0.6 is 11.8 Å². The lowest BCUT2D eigenvalue weighted by Crippen LogP contribution is -2.43. The average Bonchev–Trinajstić information content (AvgIpc) is 3.28. The lowest BCUT2D eigenvalue weighted by molar-refractivity contribution is -0.156. The normalized spacial score (nSPS) is 15.0. The number of rotatable bonds is 19. The molecule has 12 nitrogen and oxygen atoms in total. The van der Waals surface area contributed by atoms with Crippen molar-refractivity contribution in [2.75, 3.05) is 82.9 Å². The van der Waals surface area contributed by atoms with E-state index < -0.39 is 17.6 Å². The highest BCUT2D eigenvalue weighted by atomic mass is 32.2. The molecule has 0 radical (unpaired) electrons. The van der Waals surface area contributed by atoms with Gasteiger partial charge in [0.05, 0.1) is 36.8 Å². The van der Waals surface area contributed by atoms with Gasteiger partial charge in [-0.1, -0.05) is 38.1 Å². The number of benzene rings is 3. The number of likely N-dealkylation sites (N-methyl/N-ethyl adjacent to an activating group) is 1. The van der Waals surface area contributed by atoms with E-state index in [2.05, 4.69) is 44.6 Å². The molecule has 63 heavy (non-hydrogen) atoms. The smallest absolute Gasteiger partial charge is 0.379 e. The molecule has 3 N–H and O–H groups in total. The van der Waals surface area contributed by atoms with Crippen molar-refractivity contribution in [3.63, 3.8) is 0 Å². The molecular weight excluding hydrogens is 832 g/mol. The van der Waals surface area contributed by atoms with Crippen molar-refractivity contribution in [1.82, 2.24) is 25.6 Å². The molecule has 4 aromatic rings. The van der Waals surface area contributed by atoms with Crippen molar-refractivity contribution < 1.29 is 37.1 Å². The fraction of sp³-hybridized carbons (Fsp3) is 0.447. The minimum Gasteiger partial charge on any atom is -0.379 e. The Bertz CT molecular complexity index is 2160. The Morgan fingerprint density at radius 3 is 2.38 bits per heavy atom. The van der Waals surface area contributed by atoms with Gasteiger partial charge in [0.1, 0.15) is 6.54 Å². The minimum absolute atomic E-state index is 0.0860. The van der Waals surface area contributed by atoms with Crippen LogP contribution in [0.2, 0.25) is 0 Å². The number of morpholine rings is 1. The van der Waals surface area contributed by atoms with Gasteiger partial charge in [0.25, 0.3) is 11.8 Å². The quantitative estimate of drug-likeness (QED) is 0.0809. The zero-order valence-electron chi connectivity index (χ0n) is 36.3. The van der Waals surface area contributed by atoms with E-state index in [4.69, 9.17) is 9.57 Å². The summed E-state index contributed by atoms with van der Waals surface area (Å²) in [4.78, 5) is 54.6. The van der Waals surface area contributed by atoms with E-state index >= 15 is 0 Å². The largest absolute Gasteiger partial charge is 0.416 e. The van der Waals surface area contributed by atoms with Crippen LogP contribution in [0.25, 0.3) is 11.3 Å². The number of alkyl halides is 3. The van der Waals surface area contributed by atoms with Gasteiger partial charge in [0, 0.05) is 91.9 Å². The second kappa shape index (κ2) is 22.6. The maximum atomic E-state index is 13.9. The van der Waals surface area contributed by atoms with Crippen molar-refractivity contribution in [3.05, 3.63) is 113 Å². The van der Waals surface area contributed by atoms with E-state index in [1.165, 1.54) is 18.3 Å². The van der Waals surface area contributed by atoms with Crippen LogP contribution in [0.4, 0.5) is 24.5 Å². The third-order valence-corrected chi connectivity index (χ3v) is 12.5. The van der Waals surface area contributed by atoms with E-state index in [1.54, 1.807) is 42.1 Å². The van der Waals surface area contributed by atoms with Crippen LogP contribution in [0, 0.1) is 0 Å². The van der Waals surface area contributed by atoms with Gasteiger partial charge >= 0.3 is 6.18 Å². The molecule has 338 valence electrons. The summed E-state index contributed by atoms with van der Waals surface area (Å²) in [6, 6.07) is 21.4. The monoisotopic (exact) mass is 889 g/mol. The van der Waals surface area contributed by atoms with Crippen LogP contribution in [0.3, 0.4) is 0 Å². The van der Waals surface area contributed by atoms with Gasteiger partial charge in [0.15, 0.2) is 0 Å². The molecule has 2 saturated heterocycles. The van der Waals surface area contributed by atoms with Gasteiger partial charge in [-0.05, 0) is 91.4 Å². The first-order valence-corrected chi connectivity index (χ1v) is 22.5. The number of ether oxygens (including phenoxy) is 1. The molecule has 0 bridgehead atoms. The lowest BCUT2D eigenvalue weighted by Gasteiger charge is -2.29. The number of piperidine rings is 1. The molecule has 3 heterocycles. The number of aromatic nitrogens is 1. The fourth-order valence-electron chi connectivity index (χ4n) is 7.34. The maximum absolute atomic E-state index is 13.9. The molecule has 16 heteroatoms. The van der Waals surface area contributed by atoms with Crippen LogP contribution in [0.15, 0.2) is 85.1 Å². The molecule has 0 unspecified atom stereocenters. The third-order valence-electron chi connectivity index (χ3n) is 11.0. The Morgan fingerprint density at radius 2 is 1.60 bits per heavy atom. The summed E-state index contributed by atoms with van der Waals surface area (Å²) in [6.07, 6.45) is 1.06. The van der Waals surface area contributed by atoms with Gasteiger partial charge in [-0.3, -0.25) is 29.1 Å². The first-order valence-electron chi connectivity index (χ1n) is 21.5. The predicted octanol–water partition coefficient (Wildman–Crippen LogP) is 7.65. The van der Waals surface area contributed by atoms with Crippen molar-refractivity contribution in [2.24, 2.45) is 0 Å². The van der Waals surface area contributed by atoms with E-state index in [-0.39, 0.29) is 35.2 Å². The first-order chi connectivity index (χ1) is 30.2. The van der Waals surface area contributed by atoms with E-state index in [0.29, 0.717) is 47.0 Å². The topological polar surface area (TPSA) is 128 Å². The summed E-state index contributed by atoms with van der Waals surface area (Å²) < 4.78 is 45.0. The molecule has 0 spiro atoms.